The molecule has 3 rings (SSSR count). The van der Waals surface area contributed by atoms with Gasteiger partial charge in [-0.05, 0) is 32.4 Å². The number of hydrogen-bond acceptors (Lipinski definition) is 4. The standard InChI is InChI=1S/C20H28N4O3/c1-12(2)23-9-10-24(15(11-23)19(25)21-4)20(26)17-13(3)14-7-6-8-16(27-5)18(14)22-17/h6-8,12,15,22H,9-11H2,1-5H3,(H,21,25). The number of nitrogens with one attached hydrogen (secondary N) is 2. The van der Waals surface area contributed by atoms with Crippen LogP contribution < -0.4 is 10.1 Å². The molecule has 0 aliphatic carbocycles. The average Bonchev–Trinajstić information content (AvgIpc) is 3.03. The number of fused-ring (bicyclic) bond motifs is 1. The van der Waals surface area contributed by atoms with Crippen molar-refractivity contribution in [1.82, 2.24) is 20.1 Å². The van der Waals surface area contributed by atoms with Crippen molar-refractivity contribution >= 4 is 22.7 Å². The zero-order chi connectivity index (χ0) is 19.7. The second-order valence-electron chi connectivity index (χ2n) is 7.23. The molecule has 1 aromatic carbocycles. The number of hydrogen-bond donors (Lipinski definition) is 2. The molecular weight excluding hydrogens is 344 g/mol. The number of methoxy groups -OCH3 is 1. The van der Waals surface area contributed by atoms with Gasteiger partial charge >= 0.3 is 0 Å². The first-order chi connectivity index (χ1) is 12.9. The summed E-state index contributed by atoms with van der Waals surface area (Å²) in [6.07, 6.45) is 0. The number of aryl methyl sites for hydroxylation is 1. The number of rotatable bonds is 4. The van der Waals surface area contributed by atoms with E-state index in [1.807, 2.05) is 25.1 Å². The molecule has 1 aromatic heterocycles. The van der Waals surface area contributed by atoms with Gasteiger partial charge in [0.05, 0.1) is 12.6 Å². The van der Waals surface area contributed by atoms with Crippen LogP contribution in [0.4, 0.5) is 0 Å². The Morgan fingerprint density at radius 1 is 1.30 bits per heavy atom. The number of para-hydroxylation sites is 1. The molecule has 1 fully saturated rings. The molecule has 1 saturated heterocycles. The maximum Gasteiger partial charge on any atom is 0.271 e. The second kappa shape index (κ2) is 7.60. The van der Waals surface area contributed by atoms with Crippen molar-refractivity contribution in [2.45, 2.75) is 32.9 Å². The number of aromatic amines is 1. The highest BCUT2D eigenvalue weighted by Gasteiger charge is 2.37. The van der Waals surface area contributed by atoms with Crippen molar-refractivity contribution in [1.29, 1.82) is 0 Å². The van der Waals surface area contributed by atoms with Crippen molar-refractivity contribution < 1.29 is 14.3 Å². The van der Waals surface area contributed by atoms with Gasteiger partial charge in [0.25, 0.3) is 5.91 Å². The first-order valence-corrected chi connectivity index (χ1v) is 9.30. The summed E-state index contributed by atoms with van der Waals surface area (Å²) in [4.78, 5) is 33.0. The molecule has 0 saturated carbocycles. The Morgan fingerprint density at radius 2 is 2.04 bits per heavy atom. The fraction of sp³-hybridized carbons (Fsp3) is 0.500. The highest BCUT2D eigenvalue weighted by atomic mass is 16.5. The predicted octanol–water partition coefficient (Wildman–Crippen LogP) is 1.77. The van der Waals surface area contributed by atoms with Crippen molar-refractivity contribution in [2.75, 3.05) is 33.8 Å². The maximum absolute atomic E-state index is 13.4. The summed E-state index contributed by atoms with van der Waals surface area (Å²) in [6.45, 7) is 7.93. The average molecular weight is 372 g/mol. The number of likely N-dealkylation sites (N-methyl/N-ethyl adjacent to an activating group) is 1. The minimum absolute atomic E-state index is 0.139. The summed E-state index contributed by atoms with van der Waals surface area (Å²) in [7, 11) is 3.22. The van der Waals surface area contributed by atoms with E-state index in [4.69, 9.17) is 4.74 Å². The Labute approximate surface area is 159 Å². The first kappa shape index (κ1) is 19.2. The van der Waals surface area contributed by atoms with E-state index in [1.165, 1.54) is 0 Å². The van der Waals surface area contributed by atoms with Crippen molar-refractivity contribution in [2.24, 2.45) is 0 Å². The lowest BCUT2D eigenvalue weighted by Crippen LogP contribution is -2.61. The molecule has 0 bridgehead atoms. The number of aromatic nitrogens is 1. The van der Waals surface area contributed by atoms with Gasteiger partial charge in [0.15, 0.2) is 0 Å². The van der Waals surface area contributed by atoms with Gasteiger partial charge in [-0.15, -0.1) is 0 Å². The molecule has 0 spiro atoms. The van der Waals surface area contributed by atoms with E-state index in [0.717, 1.165) is 23.0 Å². The zero-order valence-corrected chi connectivity index (χ0v) is 16.6. The Balaban J connectivity index is 1.97. The quantitative estimate of drug-likeness (QED) is 0.857. The molecule has 27 heavy (non-hydrogen) atoms. The van der Waals surface area contributed by atoms with Crippen LogP contribution in [-0.2, 0) is 4.79 Å². The molecule has 146 valence electrons. The molecule has 1 aliphatic heterocycles. The number of amides is 2. The number of H-pyrrole nitrogens is 1. The predicted molar refractivity (Wildman–Crippen MR) is 105 cm³/mol. The van der Waals surface area contributed by atoms with Crippen LogP contribution in [0.2, 0.25) is 0 Å². The lowest BCUT2D eigenvalue weighted by atomic mass is 10.1. The molecule has 2 N–H and O–H groups in total. The lowest BCUT2D eigenvalue weighted by Gasteiger charge is -2.42. The maximum atomic E-state index is 13.4. The van der Waals surface area contributed by atoms with E-state index in [2.05, 4.69) is 29.0 Å². The van der Waals surface area contributed by atoms with Crippen LogP contribution in [0, 0.1) is 6.92 Å². The van der Waals surface area contributed by atoms with Crippen LogP contribution in [0.3, 0.4) is 0 Å². The van der Waals surface area contributed by atoms with Crippen LogP contribution >= 0.6 is 0 Å². The Kier molecular flexibility index (Phi) is 5.41. The number of benzene rings is 1. The normalized spacial score (nSPS) is 18.1. The van der Waals surface area contributed by atoms with E-state index in [9.17, 15) is 9.59 Å². The van der Waals surface area contributed by atoms with Gasteiger partial charge in [0.2, 0.25) is 5.91 Å². The molecular formula is C20H28N4O3. The van der Waals surface area contributed by atoms with Gasteiger partial charge in [-0.1, -0.05) is 12.1 Å². The molecule has 7 nitrogen and oxygen atoms in total. The highest BCUT2D eigenvalue weighted by molar-refractivity contribution is 6.03. The van der Waals surface area contributed by atoms with E-state index in [1.54, 1.807) is 19.1 Å². The Morgan fingerprint density at radius 3 is 2.67 bits per heavy atom. The van der Waals surface area contributed by atoms with Gasteiger partial charge in [0.1, 0.15) is 17.5 Å². The van der Waals surface area contributed by atoms with Crippen molar-refractivity contribution in [3.05, 3.63) is 29.5 Å². The van der Waals surface area contributed by atoms with Crippen LogP contribution in [0.5, 0.6) is 5.75 Å². The summed E-state index contributed by atoms with van der Waals surface area (Å²) in [6, 6.07) is 5.56. The Hall–Kier alpha value is -2.54. The monoisotopic (exact) mass is 372 g/mol. The number of nitrogens with zero attached hydrogens (tertiary/aromatic N) is 2. The largest absolute Gasteiger partial charge is 0.495 e. The van der Waals surface area contributed by atoms with E-state index in [-0.39, 0.29) is 11.8 Å². The molecule has 2 amide bonds. The van der Waals surface area contributed by atoms with Gasteiger partial charge in [-0.25, -0.2) is 0 Å². The minimum Gasteiger partial charge on any atom is -0.495 e. The van der Waals surface area contributed by atoms with Gasteiger partial charge in [-0.2, -0.15) is 0 Å². The number of carbonyl (C=O) groups is 2. The third kappa shape index (κ3) is 3.39. The molecule has 2 aromatic rings. The third-order valence-corrected chi connectivity index (χ3v) is 5.44. The van der Waals surface area contributed by atoms with Crippen LogP contribution in [0.25, 0.3) is 10.9 Å². The fourth-order valence-corrected chi connectivity index (χ4v) is 3.76. The number of piperazine rings is 1. The summed E-state index contributed by atoms with van der Waals surface area (Å²) >= 11 is 0. The van der Waals surface area contributed by atoms with Gasteiger partial charge < -0.3 is 19.9 Å². The zero-order valence-electron chi connectivity index (χ0n) is 16.6. The summed E-state index contributed by atoms with van der Waals surface area (Å²) in [5, 5.41) is 3.65. The molecule has 0 radical (unpaired) electrons. The van der Waals surface area contributed by atoms with Crippen LogP contribution in [-0.4, -0.2) is 72.5 Å². The summed E-state index contributed by atoms with van der Waals surface area (Å²) in [5.41, 5.74) is 2.19. The van der Waals surface area contributed by atoms with Crippen LogP contribution in [0.1, 0.15) is 29.9 Å². The topological polar surface area (TPSA) is 77.7 Å². The van der Waals surface area contributed by atoms with Crippen molar-refractivity contribution in [3.8, 4) is 5.75 Å². The molecule has 1 aliphatic rings. The smallest absolute Gasteiger partial charge is 0.271 e. The van der Waals surface area contributed by atoms with Crippen molar-refractivity contribution in [3.63, 3.8) is 0 Å². The molecule has 2 heterocycles. The number of carbonyl (C=O) groups excluding carboxylic acids is 2. The third-order valence-electron chi connectivity index (χ3n) is 5.44. The summed E-state index contributed by atoms with van der Waals surface area (Å²) < 4.78 is 5.41. The number of ether oxygens (including phenoxy) is 1. The van der Waals surface area contributed by atoms with E-state index in [0.29, 0.717) is 30.6 Å². The molecule has 7 heteroatoms. The van der Waals surface area contributed by atoms with Gasteiger partial charge in [0, 0.05) is 38.1 Å². The summed E-state index contributed by atoms with van der Waals surface area (Å²) in [5.74, 6) is 0.407. The minimum atomic E-state index is -0.508. The molecule has 1 atom stereocenters. The first-order valence-electron chi connectivity index (χ1n) is 9.30. The highest BCUT2D eigenvalue weighted by Crippen LogP contribution is 2.30. The SMILES string of the molecule is CNC(=O)C1CN(C(C)C)CCN1C(=O)c1[nH]c2c(OC)cccc2c1C. The molecule has 1 unspecified atom stereocenters. The second-order valence-corrected chi connectivity index (χ2v) is 7.23. The van der Waals surface area contributed by atoms with Gasteiger partial charge in [-0.3, -0.25) is 14.5 Å². The van der Waals surface area contributed by atoms with Crippen LogP contribution in [0.15, 0.2) is 18.2 Å². The lowest BCUT2D eigenvalue weighted by molar-refractivity contribution is -0.127. The van der Waals surface area contributed by atoms with E-state index < -0.39 is 6.04 Å². The fourth-order valence-electron chi connectivity index (χ4n) is 3.76. The Bertz CT molecular complexity index is 858. The van der Waals surface area contributed by atoms with E-state index >= 15 is 0 Å².